The average molecular weight is 842 g/mol. The number of esters is 1. The van der Waals surface area contributed by atoms with Crippen LogP contribution in [0.4, 0.5) is 5.69 Å². The molecular formula is C43H55NO12S2. The highest BCUT2D eigenvalue weighted by Gasteiger charge is 2.51. The minimum atomic E-state index is -1.97. The van der Waals surface area contributed by atoms with Crippen molar-refractivity contribution in [1.29, 1.82) is 0 Å². The van der Waals surface area contributed by atoms with E-state index < -0.39 is 69.5 Å². The Labute approximate surface area is 347 Å². The van der Waals surface area contributed by atoms with Crippen LogP contribution in [-0.4, -0.2) is 87.6 Å². The summed E-state index contributed by atoms with van der Waals surface area (Å²) in [5, 5.41) is 38.2. The van der Waals surface area contributed by atoms with Crippen LogP contribution >= 0.6 is 23.5 Å². The molecule has 5 aliphatic heterocycles. The van der Waals surface area contributed by atoms with Crippen LogP contribution in [-0.2, 0) is 33.3 Å². The Morgan fingerprint density at radius 2 is 1.55 bits per heavy atom. The third kappa shape index (κ3) is 7.92. The third-order valence-corrected chi connectivity index (χ3v) is 14.7. The van der Waals surface area contributed by atoms with Crippen molar-refractivity contribution >= 4 is 57.6 Å². The number of phenols is 3. The third-order valence-electron chi connectivity index (χ3n) is 11.6. The number of ketones is 1. The first kappa shape index (κ1) is 43.7. The Morgan fingerprint density at radius 3 is 2.19 bits per heavy atom. The maximum atomic E-state index is 14.5. The second-order valence-corrected chi connectivity index (χ2v) is 19.0. The zero-order valence-corrected chi connectivity index (χ0v) is 36.5. The Morgan fingerprint density at radius 1 is 0.897 bits per heavy atom. The van der Waals surface area contributed by atoms with E-state index in [2.05, 4.69) is 5.32 Å². The highest BCUT2D eigenvalue weighted by atomic mass is 32.2. The molecule has 9 atom stereocenters. The van der Waals surface area contributed by atoms with Crippen LogP contribution in [0.3, 0.4) is 0 Å². The molecule has 13 nitrogen and oxygen atoms in total. The summed E-state index contributed by atoms with van der Waals surface area (Å²) < 4.78 is 36.8. The number of carbonyl (C=O) groups is 3. The lowest BCUT2D eigenvalue weighted by Gasteiger charge is -2.50. The number of rotatable bonds is 3. The van der Waals surface area contributed by atoms with E-state index in [1.807, 2.05) is 47.6 Å². The first-order valence-corrected chi connectivity index (χ1v) is 21.6. The molecule has 0 aliphatic carbocycles. The van der Waals surface area contributed by atoms with Gasteiger partial charge in [0.05, 0.1) is 45.8 Å². The van der Waals surface area contributed by atoms with Crippen molar-refractivity contribution in [3.05, 3.63) is 52.8 Å². The van der Waals surface area contributed by atoms with Crippen molar-refractivity contribution < 1.29 is 58.1 Å². The number of methoxy groups -OCH3 is 1. The molecule has 0 saturated carbocycles. The lowest BCUT2D eigenvalue weighted by molar-refractivity contribution is -0.336. The van der Waals surface area contributed by atoms with Gasteiger partial charge < -0.3 is 49.1 Å². The maximum Gasteiger partial charge on any atom is 0.312 e. The van der Waals surface area contributed by atoms with Gasteiger partial charge in [0.25, 0.3) is 11.7 Å². The number of benzene rings is 2. The molecule has 1 amide bonds. The molecule has 2 saturated heterocycles. The summed E-state index contributed by atoms with van der Waals surface area (Å²) >= 11 is 3.03. The number of hydrogen-bond acceptors (Lipinski definition) is 14. The molecule has 7 rings (SSSR count). The predicted octanol–water partition coefficient (Wildman–Crippen LogP) is 8.03. The molecule has 7 bridgehead atoms. The number of amides is 1. The molecule has 2 fully saturated rings. The molecule has 5 heterocycles. The van der Waals surface area contributed by atoms with Crippen LogP contribution in [0.1, 0.15) is 88.4 Å². The SMILES string of the molecule is CO[C@@H]1C=CO[C@@]2(C)Oc3c(C)c(O)c4c(O)c(c(C5SCCS5)c(O)c4c3C2=O)NC(=O)C(C)=CC=C[C@H](C)[C@H]2OC(C)(C)O[C@H]([C@H](C)[C@@H](OC(C)=O)[C@H]1C)[C@@H]2C. The second kappa shape index (κ2) is 16.6. The smallest absolute Gasteiger partial charge is 0.312 e. The number of allylic oxidation sites excluding steroid dienone is 2. The summed E-state index contributed by atoms with van der Waals surface area (Å²) in [6.07, 6.45) is 6.16. The van der Waals surface area contributed by atoms with Gasteiger partial charge in [0.2, 0.25) is 0 Å². The molecule has 0 aromatic heterocycles. The maximum absolute atomic E-state index is 14.5. The fraction of sp³-hybridized carbons (Fsp3) is 0.558. The summed E-state index contributed by atoms with van der Waals surface area (Å²) in [5.74, 6) is -5.60. The number of fused-ring (bicyclic) bond motifs is 10. The lowest BCUT2D eigenvalue weighted by atomic mass is 9.77. The van der Waals surface area contributed by atoms with Crippen molar-refractivity contribution in [2.45, 2.75) is 110 Å². The average Bonchev–Trinajstić information content (AvgIpc) is 3.79. The van der Waals surface area contributed by atoms with Crippen LogP contribution in [0.15, 0.2) is 36.1 Å². The number of phenolic OH excluding ortho intramolecular Hbond substituents is 3. The summed E-state index contributed by atoms with van der Waals surface area (Å²) in [6.45, 7) is 17.5. The highest BCUT2D eigenvalue weighted by molar-refractivity contribution is 8.19. The van der Waals surface area contributed by atoms with Crippen molar-refractivity contribution in [3.8, 4) is 23.0 Å². The van der Waals surface area contributed by atoms with E-state index in [0.717, 1.165) is 11.5 Å². The molecule has 5 aliphatic rings. The van der Waals surface area contributed by atoms with E-state index in [9.17, 15) is 29.7 Å². The quantitative estimate of drug-likeness (QED) is 0.133. The number of aromatic hydroxyl groups is 3. The topological polar surface area (TPSA) is 179 Å². The number of Topliss-reactive ketones (excluding diaryl/α,β-unsaturated/α-hetero) is 1. The number of hydrogen-bond donors (Lipinski definition) is 4. The molecule has 2 aromatic rings. The minimum Gasteiger partial charge on any atom is -0.507 e. The fourth-order valence-corrected chi connectivity index (χ4v) is 11.5. The summed E-state index contributed by atoms with van der Waals surface area (Å²) in [5.41, 5.74) is 0.474. The molecule has 0 unspecified atom stereocenters. The van der Waals surface area contributed by atoms with Gasteiger partial charge in [0.15, 0.2) is 11.5 Å². The largest absolute Gasteiger partial charge is 0.507 e. The molecule has 2 aromatic carbocycles. The van der Waals surface area contributed by atoms with E-state index >= 15 is 0 Å². The summed E-state index contributed by atoms with van der Waals surface area (Å²) in [4.78, 5) is 40.9. The highest BCUT2D eigenvalue weighted by Crippen LogP contribution is 2.60. The van der Waals surface area contributed by atoms with Gasteiger partial charge in [-0.1, -0.05) is 45.9 Å². The van der Waals surface area contributed by atoms with Crippen LogP contribution in [0.2, 0.25) is 0 Å². The van der Waals surface area contributed by atoms with E-state index in [-0.39, 0.29) is 68.5 Å². The van der Waals surface area contributed by atoms with Gasteiger partial charge in [0.1, 0.15) is 23.4 Å². The zero-order valence-electron chi connectivity index (χ0n) is 34.8. The Balaban J connectivity index is 1.53. The number of carbonyl (C=O) groups excluding carboxylic acids is 3. The normalized spacial score (nSPS) is 31.9. The van der Waals surface area contributed by atoms with Gasteiger partial charge in [0, 0.05) is 78.2 Å². The molecule has 58 heavy (non-hydrogen) atoms. The van der Waals surface area contributed by atoms with Gasteiger partial charge in [-0.05, 0) is 33.8 Å². The second-order valence-electron chi connectivity index (χ2n) is 16.3. The minimum absolute atomic E-state index is 0.0207. The summed E-state index contributed by atoms with van der Waals surface area (Å²) in [7, 11) is 1.52. The monoisotopic (exact) mass is 841 g/mol. The molecular weight excluding hydrogens is 787 g/mol. The Bertz CT molecular complexity index is 2070. The van der Waals surface area contributed by atoms with E-state index in [0.29, 0.717) is 5.57 Å². The van der Waals surface area contributed by atoms with Crippen molar-refractivity contribution in [2.75, 3.05) is 23.9 Å². The number of anilines is 1. The first-order valence-electron chi connectivity index (χ1n) is 19.5. The van der Waals surface area contributed by atoms with Crippen molar-refractivity contribution in [2.24, 2.45) is 23.7 Å². The van der Waals surface area contributed by atoms with Gasteiger partial charge >= 0.3 is 11.8 Å². The zero-order chi connectivity index (χ0) is 42.6. The van der Waals surface area contributed by atoms with E-state index in [1.54, 1.807) is 25.2 Å². The number of thioether (sulfide) groups is 2. The van der Waals surface area contributed by atoms with Crippen molar-refractivity contribution in [1.82, 2.24) is 0 Å². The van der Waals surface area contributed by atoms with Crippen molar-refractivity contribution in [3.63, 3.8) is 0 Å². The van der Waals surface area contributed by atoms with E-state index in [4.69, 9.17) is 28.4 Å². The van der Waals surface area contributed by atoms with Gasteiger partial charge in [-0.2, -0.15) is 0 Å². The number of ether oxygens (including phenoxy) is 6. The Kier molecular flexibility index (Phi) is 12.5. The van der Waals surface area contributed by atoms with Crippen LogP contribution < -0.4 is 10.1 Å². The molecule has 15 heteroatoms. The van der Waals surface area contributed by atoms with Gasteiger partial charge in [-0.15, -0.1) is 23.5 Å². The molecule has 316 valence electrons. The fourth-order valence-electron chi connectivity index (χ4n) is 8.59. The standard InChI is InChI=1S/C43H55NO12S2/c1-19-13-12-14-20(2)40(50)44-31-30(41-57-17-18-58-41)33(47)27-28(34(31)48)32(46)22(4)38-29(27)39(49)43(10,56-38)52-16-15-26(51-11)21(3)36(53-25(7)45)24(6)37-23(5)35(19)54-42(8,9)55-37/h12-16,19,21,23-24,26,35-37,41,46-48H,17-18H2,1-11H3,(H,44,50)/t19-,21-,23+,24+,26+,35+,36-,37-,43-/m0/s1. The van der Waals surface area contributed by atoms with Crippen LogP contribution in [0.25, 0.3) is 10.8 Å². The lowest BCUT2D eigenvalue weighted by Crippen LogP contribution is -2.56. The molecule has 4 N–H and O–H groups in total. The van der Waals surface area contributed by atoms with Gasteiger partial charge in [-0.25, -0.2) is 0 Å². The first-order chi connectivity index (χ1) is 27.2. The number of nitrogens with one attached hydrogen (secondary N) is 1. The Hall–Kier alpha value is -3.89. The molecule has 0 radical (unpaired) electrons. The predicted molar refractivity (Wildman–Crippen MR) is 223 cm³/mol. The summed E-state index contributed by atoms with van der Waals surface area (Å²) in [6, 6.07) is 0. The van der Waals surface area contributed by atoms with E-state index in [1.165, 1.54) is 57.7 Å². The van der Waals surface area contributed by atoms with Crippen LogP contribution in [0, 0.1) is 30.6 Å². The molecule has 0 spiro atoms. The van der Waals surface area contributed by atoms with Crippen LogP contribution in [0.5, 0.6) is 23.0 Å². The van der Waals surface area contributed by atoms with Gasteiger partial charge in [-0.3, -0.25) is 14.4 Å².